The van der Waals surface area contributed by atoms with Gasteiger partial charge in [0, 0.05) is 24.4 Å². The van der Waals surface area contributed by atoms with Gasteiger partial charge in [-0.05, 0) is 18.2 Å². The summed E-state index contributed by atoms with van der Waals surface area (Å²) in [4.78, 5) is 30.6. The van der Waals surface area contributed by atoms with Gasteiger partial charge in [-0.2, -0.15) is 5.10 Å². The lowest BCUT2D eigenvalue weighted by Crippen LogP contribution is -2.28. The van der Waals surface area contributed by atoms with Gasteiger partial charge in [-0.1, -0.05) is 12.1 Å². The Labute approximate surface area is 149 Å². The summed E-state index contributed by atoms with van der Waals surface area (Å²) < 4.78 is 4.99. The standard InChI is InChI=1S/C18H17N5O3/c1-26-15-7-6-12(9-19-15)20-18(25)11-8-16(24)23(10-11)17-13-4-2-3-5-14(13)21-22-17/h2-7,9,11H,8,10H2,1H3,(H,20,25)(H,21,22)/t11-/m0/s1. The molecule has 0 radical (unpaired) electrons. The minimum Gasteiger partial charge on any atom is -0.481 e. The number of anilines is 2. The molecule has 26 heavy (non-hydrogen) atoms. The molecule has 1 atom stereocenters. The third-order valence-electron chi connectivity index (χ3n) is 4.41. The van der Waals surface area contributed by atoms with Gasteiger partial charge < -0.3 is 10.1 Å². The highest BCUT2D eigenvalue weighted by Crippen LogP contribution is 2.30. The number of H-pyrrole nitrogens is 1. The van der Waals surface area contributed by atoms with E-state index in [0.29, 0.717) is 23.9 Å². The summed E-state index contributed by atoms with van der Waals surface area (Å²) in [6.07, 6.45) is 1.67. The molecule has 3 aromatic rings. The Kier molecular flexibility index (Phi) is 4.00. The summed E-state index contributed by atoms with van der Waals surface area (Å²) in [5.74, 6) is 0.255. The number of hydrogen-bond acceptors (Lipinski definition) is 5. The van der Waals surface area contributed by atoms with Gasteiger partial charge in [0.1, 0.15) is 0 Å². The largest absolute Gasteiger partial charge is 0.481 e. The van der Waals surface area contributed by atoms with Crippen LogP contribution in [-0.2, 0) is 9.59 Å². The number of hydrogen-bond donors (Lipinski definition) is 2. The zero-order chi connectivity index (χ0) is 18.1. The molecule has 2 N–H and O–H groups in total. The minimum atomic E-state index is -0.444. The highest BCUT2D eigenvalue weighted by molar-refractivity contribution is 6.06. The Balaban J connectivity index is 1.49. The molecule has 8 nitrogen and oxygen atoms in total. The van der Waals surface area contributed by atoms with Crippen molar-refractivity contribution < 1.29 is 14.3 Å². The predicted molar refractivity (Wildman–Crippen MR) is 96.0 cm³/mol. The summed E-state index contributed by atoms with van der Waals surface area (Å²) in [6.45, 7) is 0.295. The van der Waals surface area contributed by atoms with Crippen LogP contribution in [0.15, 0.2) is 42.6 Å². The van der Waals surface area contributed by atoms with Crippen LogP contribution in [0, 0.1) is 5.92 Å². The van der Waals surface area contributed by atoms with Crippen molar-refractivity contribution in [1.82, 2.24) is 15.2 Å². The van der Waals surface area contributed by atoms with Crippen LogP contribution in [-0.4, -0.2) is 40.7 Å². The number of para-hydroxylation sites is 1. The Morgan fingerprint density at radius 1 is 1.31 bits per heavy atom. The maximum Gasteiger partial charge on any atom is 0.229 e. The number of ether oxygens (including phenoxy) is 1. The van der Waals surface area contributed by atoms with Crippen LogP contribution in [0.4, 0.5) is 11.5 Å². The first-order valence-corrected chi connectivity index (χ1v) is 8.20. The van der Waals surface area contributed by atoms with Crippen LogP contribution in [0.25, 0.3) is 10.9 Å². The SMILES string of the molecule is COc1ccc(NC(=O)[C@H]2CC(=O)N(c3n[nH]c4ccccc34)C2)cn1. The molecule has 0 saturated carbocycles. The number of rotatable bonds is 4. The van der Waals surface area contributed by atoms with Gasteiger partial charge in [-0.3, -0.25) is 19.6 Å². The number of methoxy groups -OCH3 is 1. The molecule has 0 bridgehead atoms. The molecule has 1 fully saturated rings. The lowest BCUT2D eigenvalue weighted by atomic mass is 10.1. The number of aromatic amines is 1. The van der Waals surface area contributed by atoms with Crippen molar-refractivity contribution in [2.45, 2.75) is 6.42 Å². The number of benzene rings is 1. The van der Waals surface area contributed by atoms with Gasteiger partial charge in [-0.25, -0.2) is 4.98 Å². The van der Waals surface area contributed by atoms with Crippen LogP contribution in [0.5, 0.6) is 5.88 Å². The number of carbonyl (C=O) groups is 2. The molecule has 0 spiro atoms. The van der Waals surface area contributed by atoms with Crippen molar-refractivity contribution in [3.8, 4) is 5.88 Å². The number of aromatic nitrogens is 3. The molecule has 2 amide bonds. The second kappa shape index (κ2) is 6.47. The van der Waals surface area contributed by atoms with E-state index in [9.17, 15) is 9.59 Å². The van der Waals surface area contributed by atoms with E-state index in [2.05, 4.69) is 20.5 Å². The third-order valence-corrected chi connectivity index (χ3v) is 4.41. The first-order chi connectivity index (χ1) is 12.7. The van der Waals surface area contributed by atoms with Crippen LogP contribution in [0.1, 0.15) is 6.42 Å². The predicted octanol–water partition coefficient (Wildman–Crippen LogP) is 1.96. The Bertz CT molecular complexity index is 966. The van der Waals surface area contributed by atoms with Crippen molar-refractivity contribution >= 4 is 34.2 Å². The van der Waals surface area contributed by atoms with Gasteiger partial charge in [0.2, 0.25) is 17.7 Å². The van der Waals surface area contributed by atoms with Crippen LogP contribution in [0.3, 0.4) is 0 Å². The molecular weight excluding hydrogens is 334 g/mol. The van der Waals surface area contributed by atoms with Gasteiger partial charge in [0.25, 0.3) is 0 Å². The number of pyridine rings is 1. The molecule has 4 rings (SSSR count). The number of nitrogens with zero attached hydrogens (tertiary/aromatic N) is 3. The van der Waals surface area contributed by atoms with Crippen molar-refractivity contribution in [3.63, 3.8) is 0 Å². The van der Waals surface area contributed by atoms with Crippen molar-refractivity contribution in [1.29, 1.82) is 0 Å². The normalized spacial score (nSPS) is 16.9. The highest BCUT2D eigenvalue weighted by Gasteiger charge is 2.36. The average Bonchev–Trinajstić information content (AvgIpc) is 3.25. The fourth-order valence-corrected chi connectivity index (χ4v) is 3.06. The van der Waals surface area contributed by atoms with Gasteiger partial charge in [-0.15, -0.1) is 0 Å². The maximum atomic E-state index is 12.5. The smallest absolute Gasteiger partial charge is 0.229 e. The number of carbonyl (C=O) groups excluding carboxylic acids is 2. The summed E-state index contributed by atoms with van der Waals surface area (Å²) in [5, 5.41) is 10.8. The van der Waals surface area contributed by atoms with Crippen molar-refractivity contribution in [2.24, 2.45) is 5.92 Å². The lowest BCUT2D eigenvalue weighted by Gasteiger charge is -2.14. The molecule has 8 heteroatoms. The lowest BCUT2D eigenvalue weighted by molar-refractivity contribution is -0.122. The molecule has 1 aliphatic heterocycles. The van der Waals surface area contributed by atoms with E-state index >= 15 is 0 Å². The Morgan fingerprint density at radius 3 is 2.92 bits per heavy atom. The summed E-state index contributed by atoms with van der Waals surface area (Å²) >= 11 is 0. The fourth-order valence-electron chi connectivity index (χ4n) is 3.06. The minimum absolute atomic E-state index is 0.116. The zero-order valence-corrected chi connectivity index (χ0v) is 14.1. The molecule has 0 aliphatic carbocycles. The van der Waals surface area contributed by atoms with Gasteiger partial charge in [0.15, 0.2) is 5.82 Å². The monoisotopic (exact) mass is 351 g/mol. The van der Waals surface area contributed by atoms with E-state index in [-0.39, 0.29) is 18.2 Å². The number of nitrogens with one attached hydrogen (secondary N) is 2. The zero-order valence-electron chi connectivity index (χ0n) is 14.1. The molecular formula is C18H17N5O3. The highest BCUT2D eigenvalue weighted by atomic mass is 16.5. The molecule has 1 aliphatic rings. The second-order valence-corrected chi connectivity index (χ2v) is 6.08. The molecule has 0 unspecified atom stereocenters. The first kappa shape index (κ1) is 16.1. The van der Waals surface area contributed by atoms with Crippen LogP contribution < -0.4 is 15.0 Å². The van der Waals surface area contributed by atoms with Crippen molar-refractivity contribution in [3.05, 3.63) is 42.6 Å². The average molecular weight is 351 g/mol. The Hall–Kier alpha value is -3.42. The molecule has 3 heterocycles. The molecule has 1 aromatic carbocycles. The molecule has 132 valence electrons. The summed E-state index contributed by atoms with van der Waals surface area (Å²) in [7, 11) is 1.53. The van der Waals surface area contributed by atoms with E-state index in [4.69, 9.17) is 4.74 Å². The van der Waals surface area contributed by atoms with Crippen LogP contribution in [0.2, 0.25) is 0 Å². The molecule has 1 saturated heterocycles. The van der Waals surface area contributed by atoms with Crippen molar-refractivity contribution in [2.75, 3.05) is 23.9 Å². The third kappa shape index (κ3) is 2.85. The maximum absolute atomic E-state index is 12.5. The van der Waals surface area contributed by atoms with E-state index in [1.54, 1.807) is 17.0 Å². The quantitative estimate of drug-likeness (QED) is 0.748. The van der Waals surface area contributed by atoms with E-state index < -0.39 is 5.92 Å². The summed E-state index contributed by atoms with van der Waals surface area (Å²) in [5.41, 5.74) is 1.42. The first-order valence-electron chi connectivity index (χ1n) is 8.20. The summed E-state index contributed by atoms with van der Waals surface area (Å²) in [6, 6.07) is 11.0. The number of amides is 2. The Morgan fingerprint density at radius 2 is 2.15 bits per heavy atom. The van der Waals surface area contributed by atoms with E-state index in [1.165, 1.54) is 13.3 Å². The second-order valence-electron chi connectivity index (χ2n) is 6.08. The van der Waals surface area contributed by atoms with Gasteiger partial charge in [0.05, 0.1) is 30.4 Å². The molecule has 2 aromatic heterocycles. The van der Waals surface area contributed by atoms with E-state index in [0.717, 1.165) is 10.9 Å². The van der Waals surface area contributed by atoms with Gasteiger partial charge >= 0.3 is 0 Å². The topological polar surface area (TPSA) is 100 Å². The number of fused-ring (bicyclic) bond motifs is 1. The fraction of sp³-hybridized carbons (Fsp3) is 0.222. The van der Waals surface area contributed by atoms with E-state index in [1.807, 2.05) is 24.3 Å². The van der Waals surface area contributed by atoms with Crippen LogP contribution >= 0.6 is 0 Å².